The van der Waals surface area contributed by atoms with Crippen LogP contribution in [0.15, 0.2) is 39.8 Å². The third-order valence-corrected chi connectivity index (χ3v) is 4.50. The van der Waals surface area contributed by atoms with E-state index in [1.165, 1.54) is 6.20 Å². The largest absolute Gasteiger partial charge is 0.281 e. The van der Waals surface area contributed by atoms with E-state index in [2.05, 4.69) is 30.8 Å². The summed E-state index contributed by atoms with van der Waals surface area (Å²) >= 11 is 3.33. The maximum absolute atomic E-state index is 12.0. The van der Waals surface area contributed by atoms with Gasteiger partial charge in [-0.3, -0.25) is 5.10 Å². The Morgan fingerprint density at radius 2 is 2.00 bits per heavy atom. The second-order valence-corrected chi connectivity index (χ2v) is 6.46. The number of sulfonamides is 1. The van der Waals surface area contributed by atoms with Gasteiger partial charge in [0.25, 0.3) is 0 Å². The first-order chi connectivity index (χ1) is 8.49. The molecule has 2 rings (SSSR count). The molecule has 18 heavy (non-hydrogen) atoms. The summed E-state index contributed by atoms with van der Waals surface area (Å²) in [6.45, 7) is 1.92. The first-order valence-electron chi connectivity index (χ1n) is 5.23. The third kappa shape index (κ3) is 2.98. The molecule has 96 valence electrons. The number of rotatable bonds is 4. The molecule has 0 unspecified atom stereocenters. The molecule has 0 fully saturated rings. The third-order valence-electron chi connectivity index (χ3n) is 2.45. The molecule has 1 aromatic heterocycles. The van der Waals surface area contributed by atoms with Gasteiger partial charge in [-0.05, 0) is 24.6 Å². The minimum absolute atomic E-state index is 0.180. The molecule has 0 spiro atoms. The zero-order valence-electron chi connectivity index (χ0n) is 9.64. The van der Waals surface area contributed by atoms with Gasteiger partial charge < -0.3 is 0 Å². The molecular weight excluding hydrogens is 318 g/mol. The molecule has 2 aromatic rings. The van der Waals surface area contributed by atoms with Crippen molar-refractivity contribution < 1.29 is 8.42 Å². The van der Waals surface area contributed by atoms with Gasteiger partial charge >= 0.3 is 0 Å². The summed E-state index contributed by atoms with van der Waals surface area (Å²) < 4.78 is 27.4. The molecule has 0 radical (unpaired) electrons. The van der Waals surface area contributed by atoms with Gasteiger partial charge in [0.1, 0.15) is 4.90 Å². The van der Waals surface area contributed by atoms with Gasteiger partial charge in [-0.25, -0.2) is 13.1 Å². The van der Waals surface area contributed by atoms with E-state index in [0.29, 0.717) is 5.69 Å². The molecule has 0 aliphatic carbocycles. The Balaban J connectivity index is 2.11. The lowest BCUT2D eigenvalue weighted by Gasteiger charge is -2.05. The van der Waals surface area contributed by atoms with Gasteiger partial charge in [0, 0.05) is 11.0 Å². The summed E-state index contributed by atoms with van der Waals surface area (Å²) in [5, 5.41) is 6.31. The van der Waals surface area contributed by atoms with Crippen molar-refractivity contribution >= 4 is 26.0 Å². The Kier molecular flexibility index (Phi) is 3.84. The Labute approximate surface area is 114 Å². The standard InChI is InChI=1S/C11H12BrN3O2S/c1-8-11(7-13-15-8)18(16,17)14-6-9-2-4-10(12)5-3-9/h2-5,7,14H,6H2,1H3,(H,13,15). The van der Waals surface area contributed by atoms with Gasteiger partial charge in [0.05, 0.1) is 11.9 Å². The zero-order chi connectivity index (χ0) is 13.2. The van der Waals surface area contributed by atoms with Crippen LogP contribution in [0.3, 0.4) is 0 Å². The Hall–Kier alpha value is -1.18. The van der Waals surface area contributed by atoms with Crippen molar-refractivity contribution in [2.45, 2.75) is 18.4 Å². The molecule has 0 aliphatic heterocycles. The number of hydrogen-bond acceptors (Lipinski definition) is 3. The van der Waals surface area contributed by atoms with E-state index in [1.54, 1.807) is 6.92 Å². The number of nitrogens with zero attached hydrogens (tertiary/aromatic N) is 1. The van der Waals surface area contributed by atoms with E-state index in [0.717, 1.165) is 10.0 Å². The number of nitrogens with one attached hydrogen (secondary N) is 2. The van der Waals surface area contributed by atoms with Gasteiger partial charge in [-0.1, -0.05) is 28.1 Å². The highest BCUT2D eigenvalue weighted by Crippen LogP contribution is 2.13. The molecule has 5 nitrogen and oxygen atoms in total. The summed E-state index contributed by atoms with van der Waals surface area (Å²) in [6.07, 6.45) is 1.30. The second kappa shape index (κ2) is 5.21. The number of H-pyrrole nitrogens is 1. The molecular formula is C11H12BrN3O2S. The molecule has 0 atom stereocenters. The molecule has 0 amide bonds. The summed E-state index contributed by atoms with van der Waals surface area (Å²) in [5.41, 5.74) is 1.42. The number of benzene rings is 1. The number of aryl methyl sites for hydroxylation is 1. The van der Waals surface area contributed by atoms with E-state index >= 15 is 0 Å². The van der Waals surface area contributed by atoms with Gasteiger partial charge in [0.2, 0.25) is 10.0 Å². The van der Waals surface area contributed by atoms with Crippen molar-refractivity contribution in [3.05, 3.63) is 46.2 Å². The van der Waals surface area contributed by atoms with Crippen molar-refractivity contribution in [2.24, 2.45) is 0 Å². The first kappa shape index (κ1) is 13.3. The van der Waals surface area contributed by atoms with Crippen LogP contribution in [0, 0.1) is 6.92 Å². The van der Waals surface area contributed by atoms with Crippen molar-refractivity contribution in [1.29, 1.82) is 0 Å². The van der Waals surface area contributed by atoms with Gasteiger partial charge in [0.15, 0.2) is 0 Å². The number of aromatic amines is 1. The summed E-state index contributed by atoms with van der Waals surface area (Å²) in [7, 11) is -3.51. The lowest BCUT2D eigenvalue weighted by molar-refractivity contribution is 0.581. The van der Waals surface area contributed by atoms with Crippen LogP contribution in [0.1, 0.15) is 11.3 Å². The molecule has 0 saturated heterocycles. The maximum Gasteiger partial charge on any atom is 0.244 e. The highest BCUT2D eigenvalue weighted by atomic mass is 79.9. The van der Waals surface area contributed by atoms with E-state index in [1.807, 2.05) is 24.3 Å². The van der Waals surface area contributed by atoms with E-state index in [-0.39, 0.29) is 11.4 Å². The van der Waals surface area contributed by atoms with Crippen LogP contribution >= 0.6 is 15.9 Å². The topological polar surface area (TPSA) is 74.8 Å². The summed E-state index contributed by atoms with van der Waals surface area (Å²) in [4.78, 5) is 0.180. The molecule has 0 aliphatic rings. The molecule has 1 aromatic carbocycles. The fourth-order valence-corrected chi connectivity index (χ4v) is 2.89. The van der Waals surface area contributed by atoms with Crippen LogP contribution in [0.2, 0.25) is 0 Å². The highest BCUT2D eigenvalue weighted by molar-refractivity contribution is 9.10. The van der Waals surface area contributed by atoms with E-state index < -0.39 is 10.0 Å². The van der Waals surface area contributed by atoms with Crippen molar-refractivity contribution in [1.82, 2.24) is 14.9 Å². The fraction of sp³-hybridized carbons (Fsp3) is 0.182. The fourth-order valence-electron chi connectivity index (χ4n) is 1.47. The molecule has 0 bridgehead atoms. The monoisotopic (exact) mass is 329 g/mol. The van der Waals surface area contributed by atoms with Gasteiger partial charge in [-0.15, -0.1) is 0 Å². The number of hydrogen-bond donors (Lipinski definition) is 2. The van der Waals surface area contributed by atoms with Crippen LogP contribution in [0.4, 0.5) is 0 Å². The van der Waals surface area contributed by atoms with Crippen molar-refractivity contribution in [2.75, 3.05) is 0 Å². The molecule has 1 heterocycles. The van der Waals surface area contributed by atoms with Gasteiger partial charge in [-0.2, -0.15) is 5.10 Å². The van der Waals surface area contributed by atoms with Crippen LogP contribution < -0.4 is 4.72 Å². The van der Waals surface area contributed by atoms with E-state index in [4.69, 9.17) is 0 Å². The lowest BCUT2D eigenvalue weighted by Crippen LogP contribution is -2.23. The molecule has 7 heteroatoms. The van der Waals surface area contributed by atoms with Crippen molar-refractivity contribution in [3.8, 4) is 0 Å². The minimum Gasteiger partial charge on any atom is -0.281 e. The molecule has 0 saturated carbocycles. The predicted molar refractivity (Wildman–Crippen MR) is 71.5 cm³/mol. The average molecular weight is 330 g/mol. The van der Waals surface area contributed by atoms with Crippen LogP contribution in [0.25, 0.3) is 0 Å². The summed E-state index contributed by atoms with van der Waals surface area (Å²) in [6, 6.07) is 7.45. The van der Waals surface area contributed by atoms with Crippen molar-refractivity contribution in [3.63, 3.8) is 0 Å². The Morgan fingerprint density at radius 3 is 2.56 bits per heavy atom. The Morgan fingerprint density at radius 1 is 1.33 bits per heavy atom. The van der Waals surface area contributed by atoms with Crippen LogP contribution in [0.5, 0.6) is 0 Å². The zero-order valence-corrected chi connectivity index (χ0v) is 12.0. The smallest absolute Gasteiger partial charge is 0.244 e. The second-order valence-electron chi connectivity index (χ2n) is 3.81. The minimum atomic E-state index is -3.51. The molecule has 2 N–H and O–H groups in total. The first-order valence-corrected chi connectivity index (χ1v) is 7.51. The lowest BCUT2D eigenvalue weighted by atomic mass is 10.2. The maximum atomic E-state index is 12.0. The predicted octanol–water partition coefficient (Wildman–Crippen LogP) is 1.96. The Bertz CT molecular complexity index is 635. The quantitative estimate of drug-likeness (QED) is 0.900. The SMILES string of the molecule is Cc1[nH]ncc1S(=O)(=O)NCc1ccc(Br)cc1. The normalized spacial score (nSPS) is 11.7. The number of halogens is 1. The van der Waals surface area contributed by atoms with Crippen LogP contribution in [-0.4, -0.2) is 18.6 Å². The summed E-state index contributed by atoms with van der Waals surface area (Å²) in [5.74, 6) is 0. The van der Waals surface area contributed by atoms with E-state index in [9.17, 15) is 8.42 Å². The highest BCUT2D eigenvalue weighted by Gasteiger charge is 2.17. The van der Waals surface area contributed by atoms with Crippen LogP contribution in [-0.2, 0) is 16.6 Å². The average Bonchev–Trinajstić information content (AvgIpc) is 2.76. The number of aromatic nitrogens is 2.